The summed E-state index contributed by atoms with van der Waals surface area (Å²) in [6, 6.07) is 5.64. The van der Waals surface area contributed by atoms with Crippen molar-refractivity contribution in [2.45, 2.75) is 0 Å². The van der Waals surface area contributed by atoms with E-state index in [0.29, 0.717) is 30.5 Å². The first-order valence-corrected chi connectivity index (χ1v) is 8.03. The van der Waals surface area contributed by atoms with Gasteiger partial charge in [0.25, 0.3) is 0 Å². The molecular weight excluding hydrogens is 322 g/mol. The fourth-order valence-corrected chi connectivity index (χ4v) is 2.96. The minimum atomic E-state index is 0.477. The van der Waals surface area contributed by atoms with E-state index in [4.69, 9.17) is 9.15 Å². The monoisotopic (exact) mass is 337 g/mol. The number of nitrogens with one attached hydrogen (secondary N) is 2. The van der Waals surface area contributed by atoms with Crippen molar-refractivity contribution in [1.82, 2.24) is 25.1 Å². The van der Waals surface area contributed by atoms with Crippen LogP contribution in [0.5, 0.6) is 0 Å². The summed E-state index contributed by atoms with van der Waals surface area (Å²) in [5, 5.41) is 10.8. The fourth-order valence-electron chi connectivity index (χ4n) is 2.96. The van der Waals surface area contributed by atoms with Gasteiger partial charge in [-0.1, -0.05) is 0 Å². The number of morpholine rings is 1. The Labute approximate surface area is 142 Å². The van der Waals surface area contributed by atoms with Crippen molar-refractivity contribution in [2.75, 3.05) is 36.5 Å². The molecule has 1 aliphatic rings. The first-order valence-electron chi connectivity index (χ1n) is 8.03. The molecule has 9 nitrogen and oxygen atoms in total. The van der Waals surface area contributed by atoms with Gasteiger partial charge in [-0.3, -0.25) is 5.10 Å². The number of aromatic nitrogens is 5. The summed E-state index contributed by atoms with van der Waals surface area (Å²) >= 11 is 0. The van der Waals surface area contributed by atoms with Crippen LogP contribution in [0.4, 0.5) is 17.6 Å². The van der Waals surface area contributed by atoms with Gasteiger partial charge in [-0.2, -0.15) is 10.1 Å². The topological polar surface area (TPSA) is 105 Å². The lowest BCUT2D eigenvalue weighted by molar-refractivity contribution is 0.122. The zero-order chi connectivity index (χ0) is 16.6. The number of pyridine rings is 1. The summed E-state index contributed by atoms with van der Waals surface area (Å²) in [6.45, 7) is 2.82. The number of anilines is 3. The van der Waals surface area contributed by atoms with Crippen LogP contribution in [0.2, 0.25) is 0 Å². The van der Waals surface area contributed by atoms with Gasteiger partial charge < -0.3 is 19.4 Å². The van der Waals surface area contributed by atoms with Crippen LogP contribution in [-0.2, 0) is 4.74 Å². The molecule has 0 aliphatic carbocycles. The first-order chi connectivity index (χ1) is 12.4. The molecule has 25 heavy (non-hydrogen) atoms. The Bertz CT molecular complexity index is 1020. The third-order valence-electron chi connectivity index (χ3n) is 4.13. The lowest BCUT2D eigenvalue weighted by Crippen LogP contribution is -2.37. The Hall–Kier alpha value is -3.20. The molecule has 1 fully saturated rings. The highest BCUT2D eigenvalue weighted by molar-refractivity contribution is 6.05. The van der Waals surface area contributed by atoms with E-state index in [2.05, 4.69) is 35.4 Å². The Morgan fingerprint density at radius 2 is 2.04 bits per heavy atom. The van der Waals surface area contributed by atoms with Crippen molar-refractivity contribution in [3.8, 4) is 0 Å². The Kier molecular flexibility index (Phi) is 3.23. The van der Waals surface area contributed by atoms with Crippen molar-refractivity contribution in [3.05, 3.63) is 30.6 Å². The Balaban J connectivity index is 1.70. The van der Waals surface area contributed by atoms with Crippen molar-refractivity contribution >= 4 is 39.8 Å². The van der Waals surface area contributed by atoms with E-state index in [-0.39, 0.29) is 0 Å². The molecule has 0 spiro atoms. The molecule has 0 radical (unpaired) electrons. The third kappa shape index (κ3) is 2.45. The number of aromatic amines is 1. The number of nitrogens with zero attached hydrogens (tertiary/aromatic N) is 5. The van der Waals surface area contributed by atoms with Crippen LogP contribution in [0, 0.1) is 0 Å². The Morgan fingerprint density at radius 1 is 1.12 bits per heavy atom. The van der Waals surface area contributed by atoms with Crippen molar-refractivity contribution in [2.24, 2.45) is 0 Å². The average Bonchev–Trinajstić information content (AvgIpc) is 3.29. The fraction of sp³-hybridized carbons (Fsp3) is 0.250. The van der Waals surface area contributed by atoms with Gasteiger partial charge in [-0.25, -0.2) is 9.97 Å². The van der Waals surface area contributed by atoms with Gasteiger partial charge in [-0.05, 0) is 12.1 Å². The van der Waals surface area contributed by atoms with Crippen LogP contribution in [-0.4, -0.2) is 51.5 Å². The van der Waals surface area contributed by atoms with Gasteiger partial charge in [0.2, 0.25) is 11.7 Å². The number of hydrogen-bond donors (Lipinski definition) is 2. The predicted molar refractivity (Wildman–Crippen MR) is 92.0 cm³/mol. The van der Waals surface area contributed by atoms with Gasteiger partial charge in [0.15, 0.2) is 11.4 Å². The van der Waals surface area contributed by atoms with Gasteiger partial charge in [0.05, 0.1) is 24.8 Å². The lowest BCUT2D eigenvalue weighted by atomic mass is 10.3. The Morgan fingerprint density at radius 3 is 2.88 bits per heavy atom. The molecular formula is C16H15N7O2. The molecule has 0 amide bonds. The molecule has 1 saturated heterocycles. The van der Waals surface area contributed by atoms with E-state index < -0.39 is 0 Å². The number of H-pyrrole nitrogens is 1. The van der Waals surface area contributed by atoms with E-state index in [1.807, 2.05) is 18.2 Å². The minimum absolute atomic E-state index is 0.477. The molecule has 9 heteroatoms. The first kappa shape index (κ1) is 14.2. The molecule has 0 unspecified atom stereocenters. The maximum Gasteiger partial charge on any atom is 0.231 e. The van der Waals surface area contributed by atoms with Crippen LogP contribution in [0.25, 0.3) is 22.2 Å². The standard InChI is InChI=1S/C16H15N7O2/c1-2-10-12-13(25-15(10)17-4-1)14(23-6-8-24-9-7-23)21-16(20-12)19-11-3-5-18-22-11/h1-5H,6-9H2,(H2,18,19,20,21,22). The number of fused-ring (bicyclic) bond motifs is 3. The summed E-state index contributed by atoms with van der Waals surface area (Å²) in [5.41, 5.74) is 1.94. The highest BCUT2D eigenvalue weighted by Gasteiger charge is 2.22. The maximum atomic E-state index is 5.96. The maximum absolute atomic E-state index is 5.96. The van der Waals surface area contributed by atoms with E-state index in [1.54, 1.807) is 12.4 Å². The molecule has 0 bridgehead atoms. The highest BCUT2D eigenvalue weighted by atomic mass is 16.5. The third-order valence-corrected chi connectivity index (χ3v) is 4.13. The predicted octanol–water partition coefficient (Wildman–Crippen LogP) is 2.07. The molecule has 0 atom stereocenters. The van der Waals surface area contributed by atoms with Crippen LogP contribution in [0.15, 0.2) is 35.0 Å². The smallest absolute Gasteiger partial charge is 0.231 e. The summed E-state index contributed by atoms with van der Waals surface area (Å²) in [4.78, 5) is 15.7. The van der Waals surface area contributed by atoms with Crippen LogP contribution >= 0.6 is 0 Å². The van der Waals surface area contributed by atoms with Crippen LogP contribution < -0.4 is 10.2 Å². The molecule has 2 N–H and O–H groups in total. The molecule has 126 valence electrons. The van der Waals surface area contributed by atoms with Crippen molar-refractivity contribution < 1.29 is 9.15 Å². The molecule has 1 aliphatic heterocycles. The molecule has 5 rings (SSSR count). The SMILES string of the molecule is c1cnc2oc3c(N4CCOCC4)nc(Nc4ccn[nH]4)nc3c2c1. The number of furan rings is 1. The summed E-state index contributed by atoms with van der Waals surface area (Å²) in [6.07, 6.45) is 3.37. The normalized spacial score (nSPS) is 15.1. The summed E-state index contributed by atoms with van der Waals surface area (Å²) in [5.74, 6) is 1.94. The second kappa shape index (κ2) is 5.71. The molecule has 4 aromatic rings. The lowest BCUT2D eigenvalue weighted by Gasteiger charge is -2.27. The molecule has 5 heterocycles. The largest absolute Gasteiger partial charge is 0.432 e. The zero-order valence-electron chi connectivity index (χ0n) is 13.3. The van der Waals surface area contributed by atoms with Crippen LogP contribution in [0.3, 0.4) is 0 Å². The highest BCUT2D eigenvalue weighted by Crippen LogP contribution is 2.33. The van der Waals surface area contributed by atoms with E-state index in [0.717, 1.165) is 35.6 Å². The second-order valence-corrected chi connectivity index (χ2v) is 5.70. The zero-order valence-corrected chi connectivity index (χ0v) is 13.3. The average molecular weight is 337 g/mol. The summed E-state index contributed by atoms with van der Waals surface area (Å²) in [7, 11) is 0. The molecule has 4 aromatic heterocycles. The van der Waals surface area contributed by atoms with Gasteiger partial charge in [0, 0.05) is 25.4 Å². The second-order valence-electron chi connectivity index (χ2n) is 5.70. The molecule has 0 aromatic carbocycles. The van der Waals surface area contributed by atoms with Crippen molar-refractivity contribution in [3.63, 3.8) is 0 Å². The van der Waals surface area contributed by atoms with Crippen molar-refractivity contribution in [1.29, 1.82) is 0 Å². The number of ether oxygens (including phenoxy) is 1. The quantitative estimate of drug-likeness (QED) is 0.585. The number of hydrogen-bond acceptors (Lipinski definition) is 8. The molecule has 0 saturated carbocycles. The summed E-state index contributed by atoms with van der Waals surface area (Å²) < 4.78 is 11.4. The van der Waals surface area contributed by atoms with E-state index in [1.165, 1.54) is 0 Å². The van der Waals surface area contributed by atoms with Gasteiger partial charge in [-0.15, -0.1) is 0 Å². The number of rotatable bonds is 3. The van der Waals surface area contributed by atoms with Gasteiger partial charge in [0.1, 0.15) is 11.3 Å². The van der Waals surface area contributed by atoms with Gasteiger partial charge >= 0.3 is 0 Å². The van der Waals surface area contributed by atoms with E-state index >= 15 is 0 Å². The van der Waals surface area contributed by atoms with E-state index in [9.17, 15) is 0 Å². The minimum Gasteiger partial charge on any atom is -0.432 e. The van der Waals surface area contributed by atoms with Crippen LogP contribution in [0.1, 0.15) is 0 Å².